The number of carbonyl (C=O) groups is 2. The lowest BCUT2D eigenvalue weighted by Gasteiger charge is -2.26. The van der Waals surface area contributed by atoms with Gasteiger partial charge in [0.05, 0.1) is 24.8 Å². The number of amides is 1. The molecule has 37 heavy (non-hydrogen) atoms. The minimum absolute atomic E-state index is 0.0334. The second-order valence-electron chi connectivity index (χ2n) is 10.4. The molecule has 192 valence electrons. The van der Waals surface area contributed by atoms with Crippen LogP contribution in [0, 0.1) is 0 Å². The zero-order valence-electron chi connectivity index (χ0n) is 22.1. The number of ketones is 1. The normalized spacial score (nSPS) is 17.4. The first-order valence-electron chi connectivity index (χ1n) is 12.3. The van der Waals surface area contributed by atoms with E-state index in [2.05, 4.69) is 20.8 Å². The maximum Gasteiger partial charge on any atom is 0.300 e. The first-order valence-corrected chi connectivity index (χ1v) is 12.3. The second kappa shape index (κ2) is 10.1. The van der Waals surface area contributed by atoms with Gasteiger partial charge in [0.2, 0.25) is 0 Å². The molecule has 1 aliphatic heterocycles. The maximum atomic E-state index is 13.4. The molecule has 1 heterocycles. The number of anilines is 1. The standard InChI is InChI=1S/C31H33NO5/c1-19(2)37-25-9-7-8-21(18-25)28(33)26-27(20-10-12-22(13-11-20)31(3,4)5)32(30(35)29(26)34)23-14-16-24(36-6)17-15-23/h7-19,27,33H,1-6H3/b28-26-. The molecule has 1 unspecified atom stereocenters. The Morgan fingerprint density at radius 2 is 1.57 bits per heavy atom. The summed E-state index contributed by atoms with van der Waals surface area (Å²) in [5, 5.41) is 11.4. The van der Waals surface area contributed by atoms with Crippen LogP contribution >= 0.6 is 0 Å². The zero-order chi connectivity index (χ0) is 26.9. The molecule has 0 bridgehead atoms. The number of Topliss-reactive ketones (excluding diaryl/α,β-unsaturated/α-hetero) is 1. The van der Waals surface area contributed by atoms with E-state index in [9.17, 15) is 14.7 Å². The van der Waals surface area contributed by atoms with E-state index in [0.29, 0.717) is 22.7 Å². The fraction of sp³-hybridized carbons (Fsp3) is 0.290. The molecule has 6 nitrogen and oxygen atoms in total. The molecule has 0 spiro atoms. The predicted octanol–water partition coefficient (Wildman–Crippen LogP) is 6.41. The van der Waals surface area contributed by atoms with Gasteiger partial charge in [-0.2, -0.15) is 0 Å². The fourth-order valence-corrected chi connectivity index (χ4v) is 4.47. The van der Waals surface area contributed by atoms with Crippen molar-refractivity contribution in [3.05, 3.63) is 95.1 Å². The van der Waals surface area contributed by atoms with E-state index in [-0.39, 0.29) is 22.9 Å². The highest BCUT2D eigenvalue weighted by Gasteiger charge is 2.47. The van der Waals surface area contributed by atoms with Crippen LogP contribution in [0.1, 0.15) is 57.4 Å². The molecule has 3 aromatic rings. The lowest BCUT2D eigenvalue weighted by atomic mass is 9.85. The predicted molar refractivity (Wildman–Crippen MR) is 145 cm³/mol. The van der Waals surface area contributed by atoms with Crippen LogP contribution in [0.15, 0.2) is 78.4 Å². The lowest BCUT2D eigenvalue weighted by Crippen LogP contribution is -2.29. The number of hydrogen-bond acceptors (Lipinski definition) is 5. The molecular formula is C31H33NO5. The first kappa shape index (κ1) is 26.0. The minimum Gasteiger partial charge on any atom is -0.507 e. The van der Waals surface area contributed by atoms with Crippen LogP contribution in [0.4, 0.5) is 5.69 Å². The number of aliphatic hydroxyl groups is 1. The van der Waals surface area contributed by atoms with Crippen LogP contribution < -0.4 is 14.4 Å². The van der Waals surface area contributed by atoms with Gasteiger partial charge in [-0.05, 0) is 66.8 Å². The average Bonchev–Trinajstić information content (AvgIpc) is 3.13. The smallest absolute Gasteiger partial charge is 0.300 e. The molecule has 4 rings (SSSR count). The summed E-state index contributed by atoms with van der Waals surface area (Å²) in [4.78, 5) is 28.3. The Hall–Kier alpha value is -4.06. The van der Waals surface area contributed by atoms with Gasteiger partial charge in [-0.25, -0.2) is 0 Å². The third-order valence-corrected chi connectivity index (χ3v) is 6.37. The third-order valence-electron chi connectivity index (χ3n) is 6.37. The average molecular weight is 500 g/mol. The van der Waals surface area contributed by atoms with E-state index in [1.165, 1.54) is 4.90 Å². The number of hydrogen-bond donors (Lipinski definition) is 1. The molecule has 1 aliphatic rings. The number of carbonyl (C=O) groups excluding carboxylic acids is 2. The Morgan fingerprint density at radius 1 is 0.919 bits per heavy atom. The summed E-state index contributed by atoms with van der Waals surface area (Å²) < 4.78 is 11.0. The van der Waals surface area contributed by atoms with E-state index in [1.54, 1.807) is 55.6 Å². The third kappa shape index (κ3) is 5.24. The number of ether oxygens (including phenoxy) is 2. The molecule has 6 heteroatoms. The zero-order valence-corrected chi connectivity index (χ0v) is 22.1. The quantitative estimate of drug-likeness (QED) is 0.241. The molecule has 0 aromatic heterocycles. The summed E-state index contributed by atoms with van der Waals surface area (Å²) in [6, 6.07) is 20.9. The van der Waals surface area contributed by atoms with Gasteiger partial charge in [-0.3, -0.25) is 14.5 Å². The highest BCUT2D eigenvalue weighted by Crippen LogP contribution is 2.43. The largest absolute Gasteiger partial charge is 0.507 e. The van der Waals surface area contributed by atoms with E-state index < -0.39 is 17.7 Å². The van der Waals surface area contributed by atoms with E-state index >= 15 is 0 Å². The van der Waals surface area contributed by atoms with Crippen molar-refractivity contribution in [3.63, 3.8) is 0 Å². The number of methoxy groups -OCH3 is 1. The van der Waals surface area contributed by atoms with E-state index in [4.69, 9.17) is 9.47 Å². The Morgan fingerprint density at radius 3 is 2.14 bits per heavy atom. The summed E-state index contributed by atoms with van der Waals surface area (Å²) in [5.74, 6) is -0.490. The van der Waals surface area contributed by atoms with Crippen molar-refractivity contribution in [1.82, 2.24) is 0 Å². The van der Waals surface area contributed by atoms with Crippen LogP contribution in [-0.2, 0) is 15.0 Å². The monoisotopic (exact) mass is 499 g/mol. The molecule has 1 N–H and O–H groups in total. The number of nitrogens with zero attached hydrogens (tertiary/aromatic N) is 1. The highest BCUT2D eigenvalue weighted by atomic mass is 16.5. The van der Waals surface area contributed by atoms with Crippen molar-refractivity contribution in [2.45, 2.75) is 52.2 Å². The van der Waals surface area contributed by atoms with Crippen molar-refractivity contribution in [2.75, 3.05) is 12.0 Å². The molecule has 1 fully saturated rings. The second-order valence-corrected chi connectivity index (χ2v) is 10.4. The van der Waals surface area contributed by atoms with Crippen LogP contribution in [0.5, 0.6) is 11.5 Å². The Bertz CT molecular complexity index is 1330. The van der Waals surface area contributed by atoms with Gasteiger partial charge in [0.15, 0.2) is 0 Å². The highest BCUT2D eigenvalue weighted by molar-refractivity contribution is 6.51. The Balaban J connectivity index is 1.89. The summed E-state index contributed by atoms with van der Waals surface area (Å²) in [6.07, 6.45) is -0.0561. The van der Waals surface area contributed by atoms with Gasteiger partial charge in [0.1, 0.15) is 17.3 Å². The molecule has 0 aliphatic carbocycles. The summed E-state index contributed by atoms with van der Waals surface area (Å²) in [5.41, 5.74) is 2.75. The van der Waals surface area contributed by atoms with E-state index in [1.807, 2.05) is 38.1 Å². The number of aliphatic hydroxyl groups excluding tert-OH is 1. The maximum absolute atomic E-state index is 13.4. The van der Waals surface area contributed by atoms with Gasteiger partial charge in [0, 0.05) is 11.3 Å². The Kier molecular flexibility index (Phi) is 7.12. The van der Waals surface area contributed by atoms with Crippen LogP contribution in [0.25, 0.3) is 5.76 Å². The van der Waals surface area contributed by atoms with Crippen LogP contribution in [0.2, 0.25) is 0 Å². The molecule has 0 radical (unpaired) electrons. The van der Waals surface area contributed by atoms with Crippen molar-refractivity contribution < 1.29 is 24.2 Å². The van der Waals surface area contributed by atoms with Crippen LogP contribution in [0.3, 0.4) is 0 Å². The van der Waals surface area contributed by atoms with Crippen molar-refractivity contribution >= 4 is 23.1 Å². The summed E-state index contributed by atoms with van der Waals surface area (Å²) in [7, 11) is 1.56. The number of rotatable bonds is 6. The van der Waals surface area contributed by atoms with Gasteiger partial charge in [-0.1, -0.05) is 57.2 Å². The Labute approximate surface area is 218 Å². The molecule has 1 atom stereocenters. The molecular weight excluding hydrogens is 466 g/mol. The van der Waals surface area contributed by atoms with Gasteiger partial charge in [0.25, 0.3) is 11.7 Å². The van der Waals surface area contributed by atoms with Crippen molar-refractivity contribution in [1.29, 1.82) is 0 Å². The fourth-order valence-electron chi connectivity index (χ4n) is 4.47. The topological polar surface area (TPSA) is 76.1 Å². The summed E-state index contributed by atoms with van der Waals surface area (Å²) >= 11 is 0. The SMILES string of the molecule is COc1ccc(N2C(=O)C(=O)/C(=C(\O)c3cccc(OC(C)C)c3)C2c2ccc(C(C)(C)C)cc2)cc1. The minimum atomic E-state index is -0.808. The van der Waals surface area contributed by atoms with Crippen LogP contribution in [-0.4, -0.2) is 30.0 Å². The molecule has 1 amide bonds. The molecule has 1 saturated heterocycles. The van der Waals surface area contributed by atoms with Gasteiger partial charge in [-0.15, -0.1) is 0 Å². The van der Waals surface area contributed by atoms with Crippen molar-refractivity contribution in [2.24, 2.45) is 0 Å². The first-order chi connectivity index (χ1) is 17.5. The summed E-state index contributed by atoms with van der Waals surface area (Å²) in [6.45, 7) is 10.2. The lowest BCUT2D eigenvalue weighted by molar-refractivity contribution is -0.132. The number of benzene rings is 3. The van der Waals surface area contributed by atoms with E-state index in [0.717, 1.165) is 11.1 Å². The van der Waals surface area contributed by atoms with Crippen molar-refractivity contribution in [3.8, 4) is 11.5 Å². The van der Waals surface area contributed by atoms with Gasteiger partial charge >= 0.3 is 0 Å². The molecule has 3 aromatic carbocycles. The van der Waals surface area contributed by atoms with Gasteiger partial charge < -0.3 is 14.6 Å². The molecule has 0 saturated carbocycles.